The Morgan fingerprint density at radius 1 is 0.911 bits per heavy atom. The van der Waals surface area contributed by atoms with Crippen molar-refractivity contribution in [3.8, 4) is 11.1 Å². The van der Waals surface area contributed by atoms with Gasteiger partial charge >= 0.3 is 0 Å². The van der Waals surface area contributed by atoms with Gasteiger partial charge in [-0.05, 0) is 89.7 Å². The molecular weight excluding hydrogens is 584 g/mol. The first-order valence-electron chi connectivity index (χ1n) is 15.1. The molecule has 45 heavy (non-hydrogen) atoms. The highest BCUT2D eigenvalue weighted by Crippen LogP contribution is 2.26. The van der Waals surface area contributed by atoms with Gasteiger partial charge in [0.05, 0.1) is 10.6 Å². The third-order valence-corrected chi connectivity index (χ3v) is 8.74. The van der Waals surface area contributed by atoms with E-state index in [4.69, 9.17) is 0 Å². The Hall–Kier alpha value is -4.80. The van der Waals surface area contributed by atoms with E-state index < -0.39 is 5.91 Å². The number of hydrogen-bond acceptors (Lipinski definition) is 8. The number of carbonyl (C=O) groups excluding carboxylic acids is 3. The number of nitrogens with one attached hydrogen (secondary N) is 3. The number of amides is 3. The van der Waals surface area contributed by atoms with Crippen LogP contribution in [0.3, 0.4) is 0 Å². The van der Waals surface area contributed by atoms with Crippen molar-refractivity contribution in [1.29, 1.82) is 0 Å². The van der Waals surface area contributed by atoms with Gasteiger partial charge in [0.25, 0.3) is 17.1 Å². The second-order valence-corrected chi connectivity index (χ2v) is 12.2. The van der Waals surface area contributed by atoms with Gasteiger partial charge in [0, 0.05) is 37.9 Å². The lowest BCUT2D eigenvalue weighted by molar-refractivity contribution is -0.115. The van der Waals surface area contributed by atoms with E-state index in [0.717, 1.165) is 67.5 Å². The van der Waals surface area contributed by atoms with Crippen LogP contribution in [0.5, 0.6) is 0 Å². The molecule has 228 valence electrons. The smallest absolute Gasteiger partial charge is 0.290 e. The normalized spacial score (nSPS) is 16.2. The fourth-order valence-electron chi connectivity index (χ4n) is 5.49. The summed E-state index contributed by atoms with van der Waals surface area (Å²) in [5.74, 6) is 0.708. The summed E-state index contributed by atoms with van der Waals surface area (Å²) in [6.45, 7) is 3.88. The van der Waals surface area contributed by atoms with Crippen LogP contribution in [0, 0.1) is 5.92 Å². The molecule has 3 heterocycles. The highest BCUT2D eigenvalue weighted by Gasteiger charge is 2.26. The maximum atomic E-state index is 12.8. The first-order chi connectivity index (χ1) is 22.0. The molecule has 3 aromatic carbocycles. The van der Waals surface area contributed by atoms with Crippen LogP contribution in [0.4, 0.5) is 10.7 Å². The number of carbonyl (C=O) groups is 3. The van der Waals surface area contributed by atoms with Crippen LogP contribution in [-0.2, 0) is 17.9 Å². The van der Waals surface area contributed by atoms with Crippen LogP contribution in [0.1, 0.15) is 40.0 Å². The van der Waals surface area contributed by atoms with Crippen molar-refractivity contribution in [2.45, 2.75) is 25.9 Å². The third kappa shape index (κ3) is 8.03. The van der Waals surface area contributed by atoms with Gasteiger partial charge in [-0.2, -0.15) is 0 Å². The van der Waals surface area contributed by atoms with Crippen molar-refractivity contribution >= 4 is 40.8 Å². The van der Waals surface area contributed by atoms with E-state index in [9.17, 15) is 14.4 Å². The van der Waals surface area contributed by atoms with E-state index in [2.05, 4.69) is 55.1 Å². The molecule has 0 atom stereocenters. The van der Waals surface area contributed by atoms with Crippen molar-refractivity contribution in [1.82, 2.24) is 25.9 Å². The number of benzene rings is 3. The van der Waals surface area contributed by atoms with E-state index in [1.165, 1.54) is 5.56 Å². The largest absolute Gasteiger partial charge is 0.348 e. The molecule has 0 spiro atoms. The zero-order valence-corrected chi connectivity index (χ0v) is 25.6. The van der Waals surface area contributed by atoms with Crippen molar-refractivity contribution < 1.29 is 14.4 Å². The van der Waals surface area contributed by atoms with Crippen LogP contribution in [0.25, 0.3) is 17.2 Å². The number of imide groups is 1. The molecule has 1 aromatic heterocycles. The number of anilines is 1. The van der Waals surface area contributed by atoms with E-state index in [1.807, 2.05) is 54.6 Å². The summed E-state index contributed by atoms with van der Waals surface area (Å²) in [6.07, 6.45) is 5.36. The minimum absolute atomic E-state index is 0.0870. The van der Waals surface area contributed by atoms with E-state index in [0.29, 0.717) is 34.6 Å². The van der Waals surface area contributed by atoms with E-state index in [1.54, 1.807) is 18.3 Å². The molecule has 2 aliphatic heterocycles. The Kier molecular flexibility index (Phi) is 9.62. The van der Waals surface area contributed by atoms with Gasteiger partial charge in [-0.25, -0.2) is 9.97 Å². The van der Waals surface area contributed by atoms with Gasteiger partial charge < -0.3 is 15.5 Å². The first kappa shape index (κ1) is 30.2. The number of thioether (sulfide) groups is 1. The lowest BCUT2D eigenvalue weighted by atomic mass is 9.96. The number of hydrogen-bond donors (Lipinski definition) is 3. The fraction of sp³-hybridized carbons (Fsp3) is 0.229. The summed E-state index contributed by atoms with van der Waals surface area (Å²) in [7, 11) is 0. The zero-order chi connectivity index (χ0) is 31.0. The average Bonchev–Trinajstić information content (AvgIpc) is 3.40. The third-order valence-electron chi connectivity index (χ3n) is 7.93. The first-order valence-corrected chi connectivity index (χ1v) is 15.9. The summed E-state index contributed by atoms with van der Waals surface area (Å²) in [4.78, 5) is 47.7. The van der Waals surface area contributed by atoms with Crippen molar-refractivity contribution in [3.05, 3.63) is 118 Å². The predicted octanol–water partition coefficient (Wildman–Crippen LogP) is 5.40. The van der Waals surface area contributed by atoms with Gasteiger partial charge in [-0.3, -0.25) is 19.7 Å². The highest BCUT2D eigenvalue weighted by atomic mass is 32.2. The molecule has 0 unspecified atom stereocenters. The molecule has 2 saturated heterocycles. The Balaban J connectivity index is 0.982. The molecule has 0 bridgehead atoms. The molecular formula is C35H34N6O3S. The van der Waals surface area contributed by atoms with Crippen molar-refractivity contribution in [2.24, 2.45) is 5.92 Å². The molecule has 10 heteroatoms. The molecule has 6 rings (SSSR count). The molecule has 3 amide bonds. The highest BCUT2D eigenvalue weighted by molar-refractivity contribution is 8.18. The minimum atomic E-state index is -0.390. The summed E-state index contributed by atoms with van der Waals surface area (Å²) >= 11 is 0.884. The molecule has 2 aliphatic rings. The Bertz CT molecular complexity index is 1720. The van der Waals surface area contributed by atoms with Crippen LogP contribution in [0.2, 0.25) is 0 Å². The number of aromatic nitrogens is 2. The van der Waals surface area contributed by atoms with Crippen LogP contribution in [-0.4, -0.2) is 46.7 Å². The maximum absolute atomic E-state index is 12.8. The topological polar surface area (TPSA) is 116 Å². The Labute approximate surface area is 266 Å². The second-order valence-electron chi connectivity index (χ2n) is 11.1. The Morgan fingerprint density at radius 2 is 1.67 bits per heavy atom. The van der Waals surface area contributed by atoms with Crippen LogP contribution < -0.4 is 20.9 Å². The van der Waals surface area contributed by atoms with E-state index >= 15 is 0 Å². The average molecular weight is 619 g/mol. The van der Waals surface area contributed by atoms with Gasteiger partial charge in [0.2, 0.25) is 5.95 Å². The lowest BCUT2D eigenvalue weighted by Gasteiger charge is -2.32. The summed E-state index contributed by atoms with van der Waals surface area (Å²) < 4.78 is 0. The molecule has 0 radical (unpaired) electrons. The fourth-order valence-corrected chi connectivity index (χ4v) is 6.16. The standard InChI is InChI=1S/C35H34N6O3S/c42-32(38-23-24-6-2-1-3-7-24)29-11-5-10-28(19-29)27-9-4-8-26(18-27)22-36-21-25-13-16-41(17-14-25)34-37-15-12-30(39-34)20-31-33(43)40-35(44)45-31/h1-12,15,18-20,25,36H,13-14,16-17,21-23H2,(H,38,42)(H,40,43,44). The summed E-state index contributed by atoms with van der Waals surface area (Å²) in [5.41, 5.74) is 5.60. The number of nitrogens with zero attached hydrogens (tertiary/aromatic N) is 3. The van der Waals surface area contributed by atoms with Gasteiger partial charge in [-0.15, -0.1) is 0 Å². The van der Waals surface area contributed by atoms with Crippen LogP contribution in [0.15, 0.2) is 96.0 Å². The molecule has 0 aliphatic carbocycles. The van der Waals surface area contributed by atoms with Crippen LogP contribution >= 0.6 is 11.8 Å². The molecule has 4 aromatic rings. The van der Waals surface area contributed by atoms with Crippen molar-refractivity contribution in [3.63, 3.8) is 0 Å². The second kappa shape index (κ2) is 14.3. The summed E-state index contributed by atoms with van der Waals surface area (Å²) in [5, 5.41) is 8.54. The number of rotatable bonds is 10. The molecule has 0 saturated carbocycles. The van der Waals surface area contributed by atoms with Gasteiger partial charge in [0.1, 0.15) is 0 Å². The monoisotopic (exact) mass is 618 g/mol. The molecule has 3 N–H and O–H groups in total. The maximum Gasteiger partial charge on any atom is 0.290 e. The zero-order valence-electron chi connectivity index (χ0n) is 24.7. The quantitative estimate of drug-likeness (QED) is 0.202. The minimum Gasteiger partial charge on any atom is -0.348 e. The number of piperidine rings is 1. The van der Waals surface area contributed by atoms with E-state index in [-0.39, 0.29) is 11.1 Å². The Morgan fingerprint density at radius 3 is 2.44 bits per heavy atom. The lowest BCUT2D eigenvalue weighted by Crippen LogP contribution is -2.38. The summed E-state index contributed by atoms with van der Waals surface area (Å²) in [6, 6.07) is 27.8. The molecule has 2 fully saturated rings. The SMILES string of the molecule is O=C1NC(=O)C(=Cc2ccnc(N3CCC(CNCc4cccc(-c5cccc(C(=O)NCc6ccccc6)c5)c4)CC3)n2)S1. The predicted molar refractivity (Wildman–Crippen MR) is 177 cm³/mol. The molecule has 9 nitrogen and oxygen atoms in total. The van der Waals surface area contributed by atoms with Gasteiger partial charge in [-0.1, -0.05) is 60.7 Å². The van der Waals surface area contributed by atoms with Crippen molar-refractivity contribution in [2.75, 3.05) is 24.5 Å². The van der Waals surface area contributed by atoms with Gasteiger partial charge in [0.15, 0.2) is 0 Å².